The van der Waals surface area contributed by atoms with Crippen molar-refractivity contribution in [1.29, 1.82) is 0 Å². The van der Waals surface area contributed by atoms with E-state index in [1.807, 2.05) is 12.1 Å². The third-order valence-electron chi connectivity index (χ3n) is 17.2. The fourth-order valence-corrected chi connectivity index (χ4v) is 14.1. The van der Waals surface area contributed by atoms with Crippen molar-refractivity contribution < 1.29 is 8.83 Å². The van der Waals surface area contributed by atoms with Gasteiger partial charge in [0.1, 0.15) is 22.3 Å². The predicted molar refractivity (Wildman–Crippen MR) is 317 cm³/mol. The molecule has 0 bridgehead atoms. The molecule has 2 aromatic heterocycles. The molecule has 4 aliphatic rings. The molecule has 12 aromatic rings. The van der Waals surface area contributed by atoms with Crippen LogP contribution in [0.15, 0.2) is 288 Å². The van der Waals surface area contributed by atoms with E-state index >= 15 is 0 Å². The number of allylic oxidation sites excluding steroid dienone is 8. The van der Waals surface area contributed by atoms with E-state index in [1.54, 1.807) is 0 Å². The highest BCUT2D eigenvalue weighted by Crippen LogP contribution is 2.70. The largest absolute Gasteiger partial charge is 0.456 e. The van der Waals surface area contributed by atoms with Gasteiger partial charge in [-0.2, -0.15) is 0 Å². The summed E-state index contributed by atoms with van der Waals surface area (Å²) >= 11 is 0. The minimum Gasteiger partial charge on any atom is -0.456 e. The number of fused-ring (bicyclic) bond motifs is 16. The van der Waals surface area contributed by atoms with Crippen molar-refractivity contribution in [2.75, 3.05) is 9.80 Å². The molecule has 0 fully saturated rings. The molecule has 4 unspecified atom stereocenters. The summed E-state index contributed by atoms with van der Waals surface area (Å²) in [4.78, 5) is 4.97. The zero-order valence-electron chi connectivity index (χ0n) is 42.1. The van der Waals surface area contributed by atoms with E-state index in [2.05, 4.69) is 277 Å². The number of rotatable bonds is 8. The fourth-order valence-electron chi connectivity index (χ4n) is 14.1. The van der Waals surface area contributed by atoms with Gasteiger partial charge in [-0.05, 0) is 117 Å². The van der Waals surface area contributed by atoms with E-state index in [9.17, 15) is 0 Å². The van der Waals surface area contributed by atoms with Crippen molar-refractivity contribution in [1.82, 2.24) is 0 Å². The van der Waals surface area contributed by atoms with Crippen molar-refractivity contribution in [2.45, 2.75) is 17.3 Å². The first-order chi connectivity index (χ1) is 38.2. The summed E-state index contributed by atoms with van der Waals surface area (Å²) in [6.07, 6.45) is 19.1. The Labute approximate surface area is 447 Å². The molecule has 4 heteroatoms. The van der Waals surface area contributed by atoms with E-state index < -0.39 is 5.41 Å². The van der Waals surface area contributed by atoms with Gasteiger partial charge < -0.3 is 18.6 Å². The summed E-state index contributed by atoms with van der Waals surface area (Å²) in [6, 6.07) is 84.0. The lowest BCUT2D eigenvalue weighted by Crippen LogP contribution is -2.38. The average Bonchev–Trinajstić information content (AvgIpc) is 3.57. The van der Waals surface area contributed by atoms with Gasteiger partial charge in [0.25, 0.3) is 0 Å². The zero-order chi connectivity index (χ0) is 50.6. The van der Waals surface area contributed by atoms with Gasteiger partial charge in [0.2, 0.25) is 0 Å². The first-order valence-electron chi connectivity index (χ1n) is 26.9. The van der Waals surface area contributed by atoms with Crippen molar-refractivity contribution in [3.63, 3.8) is 0 Å². The minimum atomic E-state index is -0.411. The normalized spacial score (nSPS) is 19.5. The van der Waals surface area contributed by atoms with Crippen LogP contribution in [0.25, 0.3) is 66.1 Å². The first-order valence-corrected chi connectivity index (χ1v) is 26.9. The van der Waals surface area contributed by atoms with Gasteiger partial charge in [-0.3, -0.25) is 0 Å². The fraction of sp³-hybridized carbons (Fsp3) is 0.0685. The van der Waals surface area contributed by atoms with Gasteiger partial charge in [0.05, 0.1) is 11.4 Å². The maximum absolute atomic E-state index is 6.63. The van der Waals surface area contributed by atoms with E-state index in [-0.39, 0.29) is 23.7 Å². The van der Waals surface area contributed by atoms with Crippen molar-refractivity contribution in [3.05, 3.63) is 301 Å². The molecule has 0 radical (unpaired) electrons. The molecule has 364 valence electrons. The summed E-state index contributed by atoms with van der Waals surface area (Å²) < 4.78 is 13.3. The number of benzene rings is 10. The summed E-state index contributed by atoms with van der Waals surface area (Å²) in [5, 5.41) is 4.47. The van der Waals surface area contributed by atoms with Gasteiger partial charge in [0.15, 0.2) is 0 Å². The van der Waals surface area contributed by atoms with Crippen LogP contribution < -0.4 is 9.80 Å². The van der Waals surface area contributed by atoms with Crippen LogP contribution in [0.2, 0.25) is 0 Å². The Bertz CT molecular complexity index is 4140. The number of hydrogen-bond acceptors (Lipinski definition) is 4. The number of nitrogens with zero attached hydrogens (tertiary/aromatic N) is 2. The summed E-state index contributed by atoms with van der Waals surface area (Å²) in [7, 11) is 0. The Morgan fingerprint density at radius 1 is 0.299 bits per heavy atom. The highest BCUT2D eigenvalue weighted by atomic mass is 16.3. The second kappa shape index (κ2) is 17.2. The van der Waals surface area contributed by atoms with Gasteiger partial charge in [-0.15, -0.1) is 0 Å². The quantitative estimate of drug-likeness (QED) is 0.152. The van der Waals surface area contributed by atoms with Crippen LogP contribution in [0.5, 0.6) is 0 Å². The molecule has 0 saturated carbocycles. The van der Waals surface area contributed by atoms with Crippen LogP contribution >= 0.6 is 0 Å². The standard InChI is InChI=1S/C73H50N2O2/c1-3-17-47(18-4-1)49-33-37-51(38-34-49)74(53-41-43-57-55-21-9-13-31-67(55)76-69(57)45-53)65-29-15-27-63-71(65)59-23-7-11-25-61(59)73(63)62-26-12-8-24-60(62)72-64(73)28-16-30-66(72)75(52-39-35-50(36-40-52)48-19-5-2-6-20-48)54-42-44-58-56-22-10-14-32-68(56)77-70(58)46-54/h1-46,59-62H. The third kappa shape index (κ3) is 6.58. The zero-order valence-corrected chi connectivity index (χ0v) is 42.1. The van der Waals surface area contributed by atoms with Gasteiger partial charge in [-0.1, -0.05) is 194 Å². The van der Waals surface area contributed by atoms with Crippen LogP contribution in [0.4, 0.5) is 34.1 Å². The van der Waals surface area contributed by atoms with Crippen LogP contribution in [0, 0.1) is 11.8 Å². The molecule has 0 N–H and O–H groups in total. The molecule has 4 aliphatic carbocycles. The van der Waals surface area contributed by atoms with E-state index in [4.69, 9.17) is 8.83 Å². The Morgan fingerprint density at radius 2 is 0.675 bits per heavy atom. The van der Waals surface area contributed by atoms with Gasteiger partial charge in [-0.25, -0.2) is 0 Å². The van der Waals surface area contributed by atoms with Gasteiger partial charge in [0, 0.05) is 85.5 Å². The Balaban J connectivity index is 0.914. The predicted octanol–water partition coefficient (Wildman–Crippen LogP) is 19.7. The lowest BCUT2D eigenvalue weighted by atomic mass is 9.61. The number of para-hydroxylation sites is 2. The summed E-state index contributed by atoms with van der Waals surface area (Å²) in [5.41, 5.74) is 20.0. The van der Waals surface area contributed by atoms with Crippen molar-refractivity contribution in [2.24, 2.45) is 11.8 Å². The Kier molecular flexibility index (Phi) is 9.77. The van der Waals surface area contributed by atoms with Crippen molar-refractivity contribution in [3.8, 4) is 22.3 Å². The molecule has 4 atom stereocenters. The molecular weight excluding hydrogens is 937 g/mol. The smallest absolute Gasteiger partial charge is 0.137 e. The maximum Gasteiger partial charge on any atom is 0.137 e. The van der Waals surface area contributed by atoms with E-state index in [0.717, 1.165) is 66.6 Å². The highest BCUT2D eigenvalue weighted by molar-refractivity contribution is 6.07. The highest BCUT2D eigenvalue weighted by Gasteiger charge is 2.62. The van der Waals surface area contributed by atoms with Crippen LogP contribution in [-0.4, -0.2) is 0 Å². The molecule has 1 spiro atoms. The third-order valence-corrected chi connectivity index (χ3v) is 17.2. The first kappa shape index (κ1) is 43.7. The second-order valence-corrected chi connectivity index (χ2v) is 21.0. The molecule has 10 aromatic carbocycles. The Hall–Kier alpha value is -9.64. The van der Waals surface area contributed by atoms with Gasteiger partial charge >= 0.3 is 0 Å². The molecule has 2 heterocycles. The topological polar surface area (TPSA) is 32.8 Å². The molecule has 4 nitrogen and oxygen atoms in total. The molecule has 0 amide bonds. The van der Waals surface area contributed by atoms with Crippen LogP contribution in [0.1, 0.15) is 34.1 Å². The SMILES string of the molecule is C1=CC2c3c(N(c4ccc(-c5ccccc5)cc4)c4ccc5c(c4)oc4ccccc45)cccc3C3(c4cccc(N(c5ccc(-c6ccccc6)cc5)c5ccc6c(c5)oc5ccccc56)c4C4C=CC=CC43)C2C=C1. The van der Waals surface area contributed by atoms with Crippen LogP contribution in [-0.2, 0) is 5.41 Å². The summed E-state index contributed by atoms with van der Waals surface area (Å²) in [6.45, 7) is 0. The van der Waals surface area contributed by atoms with E-state index in [0.29, 0.717) is 0 Å². The van der Waals surface area contributed by atoms with Crippen molar-refractivity contribution >= 4 is 78.0 Å². The molecule has 77 heavy (non-hydrogen) atoms. The lowest BCUT2D eigenvalue weighted by Gasteiger charge is -2.40. The lowest BCUT2D eigenvalue weighted by molar-refractivity contribution is 0.312. The number of anilines is 6. The van der Waals surface area contributed by atoms with E-state index in [1.165, 1.54) is 55.9 Å². The molecule has 16 rings (SSSR count). The molecule has 0 aliphatic heterocycles. The van der Waals surface area contributed by atoms with Crippen LogP contribution in [0.3, 0.4) is 0 Å². The maximum atomic E-state index is 6.63. The minimum absolute atomic E-state index is 0.0962. The number of furan rings is 2. The molecule has 0 saturated heterocycles. The monoisotopic (exact) mass is 986 g/mol. The second-order valence-electron chi connectivity index (χ2n) is 21.0. The summed E-state index contributed by atoms with van der Waals surface area (Å²) in [5.74, 6) is 0.460. The average molecular weight is 987 g/mol. The Morgan fingerprint density at radius 3 is 1.13 bits per heavy atom. The molecular formula is C73H50N2O2. The number of hydrogen-bond donors (Lipinski definition) is 0.